The van der Waals surface area contributed by atoms with Gasteiger partial charge in [0, 0.05) is 13.2 Å². The molecule has 0 aliphatic heterocycles. The van der Waals surface area contributed by atoms with Gasteiger partial charge in [-0.2, -0.15) is 4.98 Å². The molecule has 0 atom stereocenters. The summed E-state index contributed by atoms with van der Waals surface area (Å²) in [6, 6.07) is 4.63. The van der Waals surface area contributed by atoms with E-state index in [2.05, 4.69) is 9.71 Å². The predicted octanol–water partition coefficient (Wildman–Crippen LogP) is 1.51. The van der Waals surface area contributed by atoms with E-state index in [-0.39, 0.29) is 16.5 Å². The van der Waals surface area contributed by atoms with Crippen LogP contribution in [0, 0.1) is 11.7 Å². The fraction of sp³-hybridized carbons (Fsp3) is 0.333. The van der Waals surface area contributed by atoms with E-state index < -0.39 is 21.5 Å². The molecule has 3 rings (SSSR count). The minimum absolute atomic E-state index is 0.0691. The summed E-state index contributed by atoms with van der Waals surface area (Å²) >= 11 is 0. The van der Waals surface area contributed by atoms with Crippen LogP contribution in [0.4, 0.5) is 10.2 Å². The molecule has 24 heavy (non-hydrogen) atoms. The van der Waals surface area contributed by atoms with E-state index in [1.807, 2.05) is 0 Å². The lowest BCUT2D eigenvalue weighted by atomic mass is 10.3. The number of aryl methyl sites for hydroxylation is 1. The third-order valence-electron chi connectivity index (χ3n) is 3.58. The van der Waals surface area contributed by atoms with Crippen LogP contribution in [0.5, 0.6) is 5.75 Å². The largest absolute Gasteiger partial charge is 0.492 e. The number of hydrogen-bond donors (Lipinski definition) is 1. The summed E-state index contributed by atoms with van der Waals surface area (Å²) in [5.41, 5.74) is -0.611. The van der Waals surface area contributed by atoms with Gasteiger partial charge in [0.1, 0.15) is 22.3 Å². The van der Waals surface area contributed by atoms with Crippen LogP contribution in [0.25, 0.3) is 0 Å². The molecular weight excluding hydrogens is 337 g/mol. The van der Waals surface area contributed by atoms with Gasteiger partial charge in [-0.1, -0.05) is 0 Å². The maximum atomic E-state index is 13.5. The van der Waals surface area contributed by atoms with Crippen LogP contribution in [0.15, 0.2) is 40.2 Å². The summed E-state index contributed by atoms with van der Waals surface area (Å²) in [6.07, 6.45) is 3.46. The summed E-state index contributed by atoms with van der Waals surface area (Å²) in [6.45, 7) is 0.387. The molecule has 0 amide bonds. The highest BCUT2D eigenvalue weighted by molar-refractivity contribution is 7.92. The summed E-state index contributed by atoms with van der Waals surface area (Å²) in [5, 5.41) is 0. The fourth-order valence-electron chi connectivity index (χ4n) is 2.02. The van der Waals surface area contributed by atoms with Crippen LogP contribution in [0.1, 0.15) is 12.8 Å². The second kappa shape index (κ2) is 6.23. The molecule has 0 radical (unpaired) electrons. The van der Waals surface area contributed by atoms with Gasteiger partial charge in [-0.25, -0.2) is 17.6 Å². The highest BCUT2D eigenvalue weighted by Crippen LogP contribution is 2.32. The molecule has 1 fully saturated rings. The zero-order valence-corrected chi connectivity index (χ0v) is 13.7. The SMILES string of the molecule is Cn1ccc(NS(=O)(=O)c2cc(F)ccc2OCC2CC2)nc1=O. The number of aromatic nitrogens is 2. The molecule has 1 N–H and O–H groups in total. The van der Waals surface area contributed by atoms with Gasteiger partial charge < -0.3 is 9.30 Å². The molecule has 0 unspecified atom stereocenters. The maximum Gasteiger partial charge on any atom is 0.349 e. The summed E-state index contributed by atoms with van der Waals surface area (Å²) < 4.78 is 47.5. The third-order valence-corrected chi connectivity index (χ3v) is 4.96. The van der Waals surface area contributed by atoms with Crippen molar-refractivity contribution in [3.63, 3.8) is 0 Å². The fourth-order valence-corrected chi connectivity index (χ4v) is 3.18. The van der Waals surface area contributed by atoms with Gasteiger partial charge in [0.15, 0.2) is 0 Å². The van der Waals surface area contributed by atoms with Crippen LogP contribution in [0.3, 0.4) is 0 Å². The molecule has 0 bridgehead atoms. The van der Waals surface area contributed by atoms with E-state index in [9.17, 15) is 17.6 Å². The predicted molar refractivity (Wildman–Crippen MR) is 84.9 cm³/mol. The first-order chi connectivity index (χ1) is 11.3. The van der Waals surface area contributed by atoms with Crippen molar-refractivity contribution in [3.05, 3.63) is 46.8 Å². The summed E-state index contributed by atoms with van der Waals surface area (Å²) in [7, 11) is -2.66. The third kappa shape index (κ3) is 3.73. The van der Waals surface area contributed by atoms with Crippen LogP contribution in [-0.2, 0) is 17.1 Å². The number of sulfonamides is 1. The van der Waals surface area contributed by atoms with Gasteiger partial charge in [-0.15, -0.1) is 0 Å². The van der Waals surface area contributed by atoms with Gasteiger partial charge in [-0.05, 0) is 43.0 Å². The molecule has 0 saturated heterocycles. The van der Waals surface area contributed by atoms with Crippen molar-refractivity contribution >= 4 is 15.8 Å². The standard InChI is InChI=1S/C15H16FN3O4S/c1-19-7-6-14(17-15(19)20)18-24(21,22)13-8-11(16)4-5-12(13)23-9-10-2-3-10/h4-8,10H,2-3,9H2,1H3,(H,17,18,20). The summed E-state index contributed by atoms with van der Waals surface area (Å²) in [4.78, 5) is 14.8. The minimum Gasteiger partial charge on any atom is -0.492 e. The average molecular weight is 353 g/mol. The van der Waals surface area contributed by atoms with Gasteiger partial charge in [0.05, 0.1) is 6.61 Å². The van der Waals surface area contributed by atoms with E-state index in [4.69, 9.17) is 4.74 Å². The van der Waals surface area contributed by atoms with Crippen molar-refractivity contribution in [2.24, 2.45) is 13.0 Å². The Hall–Kier alpha value is -2.42. The second-order valence-electron chi connectivity index (χ2n) is 5.66. The quantitative estimate of drug-likeness (QED) is 0.850. The lowest BCUT2D eigenvalue weighted by Crippen LogP contribution is -2.23. The maximum absolute atomic E-state index is 13.5. The number of nitrogens with one attached hydrogen (secondary N) is 1. The van der Waals surface area contributed by atoms with E-state index >= 15 is 0 Å². The average Bonchev–Trinajstić information content (AvgIpc) is 3.34. The molecule has 1 heterocycles. The van der Waals surface area contributed by atoms with E-state index in [1.165, 1.54) is 29.9 Å². The molecule has 9 heteroatoms. The highest BCUT2D eigenvalue weighted by Gasteiger charge is 2.25. The number of ether oxygens (including phenoxy) is 1. The normalized spacial score (nSPS) is 14.4. The van der Waals surface area contributed by atoms with E-state index in [0.717, 1.165) is 25.0 Å². The Morgan fingerprint density at radius 3 is 2.79 bits per heavy atom. The van der Waals surface area contributed by atoms with Crippen LogP contribution >= 0.6 is 0 Å². The van der Waals surface area contributed by atoms with Crippen LogP contribution < -0.4 is 15.1 Å². The molecule has 1 aromatic carbocycles. The highest BCUT2D eigenvalue weighted by atomic mass is 32.2. The summed E-state index contributed by atoms with van der Waals surface area (Å²) in [5.74, 6) is -0.362. The number of halogens is 1. The van der Waals surface area contributed by atoms with Gasteiger partial charge in [0.2, 0.25) is 0 Å². The Labute approximate surface area is 138 Å². The van der Waals surface area contributed by atoms with Crippen molar-refractivity contribution < 1.29 is 17.5 Å². The lowest BCUT2D eigenvalue weighted by Gasteiger charge is -2.13. The topological polar surface area (TPSA) is 90.3 Å². The zero-order chi connectivity index (χ0) is 17.3. The Kier molecular flexibility index (Phi) is 4.27. The van der Waals surface area contributed by atoms with Crippen LogP contribution in [0.2, 0.25) is 0 Å². The van der Waals surface area contributed by atoms with Crippen molar-refractivity contribution in [1.82, 2.24) is 9.55 Å². The molecule has 1 aliphatic rings. The van der Waals surface area contributed by atoms with Crippen molar-refractivity contribution in [1.29, 1.82) is 0 Å². The molecule has 1 aromatic heterocycles. The molecule has 0 spiro atoms. The molecular formula is C15H16FN3O4S. The van der Waals surface area contributed by atoms with Gasteiger partial charge >= 0.3 is 5.69 Å². The number of rotatable bonds is 6. The monoisotopic (exact) mass is 353 g/mol. The smallest absolute Gasteiger partial charge is 0.349 e. The van der Waals surface area contributed by atoms with Crippen molar-refractivity contribution in [2.45, 2.75) is 17.7 Å². The number of nitrogens with zero attached hydrogens (tertiary/aromatic N) is 2. The molecule has 1 aliphatic carbocycles. The number of benzene rings is 1. The molecule has 1 saturated carbocycles. The molecule has 7 nitrogen and oxygen atoms in total. The second-order valence-corrected chi connectivity index (χ2v) is 7.31. The Morgan fingerprint density at radius 1 is 1.38 bits per heavy atom. The molecule has 2 aromatic rings. The Balaban J connectivity index is 1.90. The lowest BCUT2D eigenvalue weighted by molar-refractivity contribution is 0.291. The first-order valence-electron chi connectivity index (χ1n) is 7.34. The first-order valence-corrected chi connectivity index (χ1v) is 8.82. The van der Waals surface area contributed by atoms with Gasteiger partial charge in [0.25, 0.3) is 10.0 Å². The number of hydrogen-bond acceptors (Lipinski definition) is 5. The van der Waals surface area contributed by atoms with Crippen molar-refractivity contribution in [2.75, 3.05) is 11.3 Å². The Bertz CT molecular complexity index is 923. The van der Waals surface area contributed by atoms with Crippen molar-refractivity contribution in [3.8, 4) is 5.75 Å². The molecule has 128 valence electrons. The minimum atomic E-state index is -4.15. The zero-order valence-electron chi connectivity index (χ0n) is 12.9. The van der Waals surface area contributed by atoms with Crippen LogP contribution in [-0.4, -0.2) is 24.6 Å². The van der Waals surface area contributed by atoms with E-state index in [0.29, 0.717) is 12.5 Å². The Morgan fingerprint density at radius 2 is 2.12 bits per heavy atom. The first kappa shape index (κ1) is 16.4. The number of anilines is 1. The van der Waals surface area contributed by atoms with Gasteiger partial charge in [-0.3, -0.25) is 4.72 Å². The van der Waals surface area contributed by atoms with E-state index in [1.54, 1.807) is 0 Å².